The molecule has 0 aliphatic carbocycles. The highest BCUT2D eigenvalue weighted by atomic mass is 35.5. The van der Waals surface area contributed by atoms with E-state index in [4.69, 9.17) is 11.6 Å². The number of thiocarbonyl (C=S) groups is 1. The van der Waals surface area contributed by atoms with Gasteiger partial charge in [0.1, 0.15) is 0 Å². The monoisotopic (exact) mass is 149 g/mol. The second kappa shape index (κ2) is 5.23. The van der Waals surface area contributed by atoms with Crippen molar-refractivity contribution in [1.29, 1.82) is 0 Å². The fraction of sp³-hybridized carbons (Fsp3) is 0.800. The summed E-state index contributed by atoms with van der Waals surface area (Å²) in [5.74, 6) is 0. The summed E-state index contributed by atoms with van der Waals surface area (Å²) < 4.78 is 0. The van der Waals surface area contributed by atoms with Gasteiger partial charge in [0.25, 0.3) is 0 Å². The van der Waals surface area contributed by atoms with E-state index in [1.807, 2.05) is 6.92 Å². The van der Waals surface area contributed by atoms with Crippen molar-refractivity contribution >= 4 is 29.0 Å². The Kier molecular flexibility index (Phi) is 5.29. The largest absolute Gasteiger partial charge is 0.232 e. The number of hydrogen-bond donors (Lipinski definition) is 0. The summed E-state index contributed by atoms with van der Waals surface area (Å²) in [6.45, 7) is 2.63. The smallest absolute Gasteiger partial charge is 0.0584 e. The van der Waals surface area contributed by atoms with Gasteiger partial charge in [-0.15, -0.1) is 11.6 Å². The minimum atomic E-state index is 0.196. The molecule has 0 aliphatic rings. The molecule has 0 amide bonds. The molecule has 1 nitrogen and oxygen atoms in total. The second-order valence-corrected chi connectivity index (χ2v) is 2.47. The van der Waals surface area contributed by atoms with E-state index >= 15 is 0 Å². The fourth-order valence-corrected chi connectivity index (χ4v) is 0.477. The Bertz CT molecular complexity index is 96.6. The minimum absolute atomic E-state index is 0.196. The molecule has 0 saturated carbocycles. The van der Waals surface area contributed by atoms with E-state index in [9.17, 15) is 0 Å². The predicted octanol–water partition coefficient (Wildman–Crippen LogP) is 2.11. The average Bonchev–Trinajstić information content (AvgIpc) is 1.66. The molecule has 0 rings (SSSR count). The zero-order valence-corrected chi connectivity index (χ0v) is 6.30. The highest BCUT2D eigenvalue weighted by Crippen LogP contribution is 1.98. The maximum atomic E-state index is 5.59. The standard InChI is InChI=1S/C5H8ClNS/c1-5(6)2-3-7-4-8/h5H,2-3H2,1H3. The molecule has 0 heterocycles. The maximum absolute atomic E-state index is 5.59. The van der Waals surface area contributed by atoms with Gasteiger partial charge in [0, 0.05) is 5.38 Å². The molecule has 0 radical (unpaired) electrons. The van der Waals surface area contributed by atoms with Crippen molar-refractivity contribution in [3.63, 3.8) is 0 Å². The summed E-state index contributed by atoms with van der Waals surface area (Å²) >= 11 is 9.94. The van der Waals surface area contributed by atoms with Gasteiger partial charge in [-0.25, -0.2) is 4.99 Å². The molecule has 8 heavy (non-hydrogen) atoms. The third-order valence-electron chi connectivity index (χ3n) is 0.703. The summed E-state index contributed by atoms with van der Waals surface area (Å²) in [7, 11) is 0. The molecular weight excluding hydrogens is 142 g/mol. The van der Waals surface area contributed by atoms with Crippen LogP contribution >= 0.6 is 23.8 Å². The van der Waals surface area contributed by atoms with Gasteiger partial charge >= 0.3 is 0 Å². The van der Waals surface area contributed by atoms with Crippen LogP contribution < -0.4 is 0 Å². The lowest BCUT2D eigenvalue weighted by molar-refractivity contribution is 0.819. The van der Waals surface area contributed by atoms with Crippen molar-refractivity contribution in [3.05, 3.63) is 0 Å². The number of nitrogens with zero attached hydrogens (tertiary/aromatic N) is 1. The van der Waals surface area contributed by atoms with Crippen molar-refractivity contribution in [3.8, 4) is 0 Å². The van der Waals surface area contributed by atoms with E-state index in [0.29, 0.717) is 6.54 Å². The predicted molar refractivity (Wildman–Crippen MR) is 39.8 cm³/mol. The lowest BCUT2D eigenvalue weighted by Crippen LogP contribution is -1.92. The number of hydrogen-bond acceptors (Lipinski definition) is 2. The van der Waals surface area contributed by atoms with Crippen LogP contribution in [-0.4, -0.2) is 17.1 Å². The van der Waals surface area contributed by atoms with Crippen LogP contribution in [0.2, 0.25) is 0 Å². The van der Waals surface area contributed by atoms with Crippen molar-refractivity contribution < 1.29 is 0 Å². The Morgan fingerprint density at radius 3 is 2.88 bits per heavy atom. The van der Waals surface area contributed by atoms with Crippen LogP contribution in [0.25, 0.3) is 0 Å². The molecule has 0 saturated heterocycles. The summed E-state index contributed by atoms with van der Waals surface area (Å²) in [6.07, 6.45) is 0.880. The summed E-state index contributed by atoms with van der Waals surface area (Å²) in [5.41, 5.74) is 0. The van der Waals surface area contributed by atoms with E-state index in [1.165, 1.54) is 0 Å². The van der Waals surface area contributed by atoms with Gasteiger partial charge in [0.2, 0.25) is 0 Å². The van der Waals surface area contributed by atoms with Crippen LogP contribution in [0.15, 0.2) is 4.99 Å². The SMILES string of the molecule is CC(Cl)CCN=C=S. The maximum Gasteiger partial charge on any atom is 0.0584 e. The molecule has 0 aromatic carbocycles. The Balaban J connectivity index is 3.05. The van der Waals surface area contributed by atoms with Gasteiger partial charge in [0.15, 0.2) is 0 Å². The average molecular weight is 150 g/mol. The van der Waals surface area contributed by atoms with Crippen LogP contribution in [-0.2, 0) is 0 Å². The molecule has 0 aromatic rings. The van der Waals surface area contributed by atoms with Crippen LogP contribution in [0.4, 0.5) is 0 Å². The molecule has 0 bridgehead atoms. The summed E-state index contributed by atoms with van der Waals surface area (Å²) in [6, 6.07) is 0. The van der Waals surface area contributed by atoms with Gasteiger partial charge in [-0.3, -0.25) is 0 Å². The number of rotatable bonds is 3. The van der Waals surface area contributed by atoms with Gasteiger partial charge in [-0.1, -0.05) is 0 Å². The number of isothiocyanates is 1. The third-order valence-corrected chi connectivity index (χ3v) is 1.05. The van der Waals surface area contributed by atoms with Crippen molar-refractivity contribution in [2.24, 2.45) is 4.99 Å². The van der Waals surface area contributed by atoms with E-state index in [0.717, 1.165) is 6.42 Å². The summed E-state index contributed by atoms with van der Waals surface area (Å²) in [4.78, 5) is 3.69. The number of halogens is 1. The molecule has 0 aliphatic heterocycles. The molecule has 0 spiro atoms. The first-order chi connectivity index (χ1) is 3.77. The highest BCUT2D eigenvalue weighted by Gasteiger charge is 1.91. The van der Waals surface area contributed by atoms with E-state index in [1.54, 1.807) is 0 Å². The van der Waals surface area contributed by atoms with Gasteiger partial charge in [-0.05, 0) is 25.6 Å². The number of alkyl halides is 1. The molecule has 0 N–H and O–H groups in total. The van der Waals surface area contributed by atoms with Gasteiger partial charge in [-0.2, -0.15) is 0 Å². The van der Waals surface area contributed by atoms with E-state index in [-0.39, 0.29) is 5.38 Å². The molecule has 3 heteroatoms. The van der Waals surface area contributed by atoms with Crippen molar-refractivity contribution in [2.75, 3.05) is 6.54 Å². The second-order valence-electron chi connectivity index (χ2n) is 1.54. The normalized spacial score (nSPS) is 12.2. The molecule has 1 unspecified atom stereocenters. The molecule has 1 atom stereocenters. The quantitative estimate of drug-likeness (QED) is 0.340. The van der Waals surface area contributed by atoms with E-state index in [2.05, 4.69) is 22.4 Å². The first kappa shape index (κ1) is 8.09. The molecule has 0 aromatic heterocycles. The Hall–Kier alpha value is 0.0900. The third kappa shape index (κ3) is 6.09. The Morgan fingerprint density at radius 1 is 1.88 bits per heavy atom. The first-order valence-corrected chi connectivity index (χ1v) is 3.29. The Labute approximate surface area is 59.8 Å². The molecule has 0 fully saturated rings. The zero-order valence-electron chi connectivity index (χ0n) is 4.72. The van der Waals surface area contributed by atoms with Gasteiger partial charge < -0.3 is 0 Å². The fourth-order valence-electron chi connectivity index (χ4n) is 0.288. The molecule has 46 valence electrons. The lowest BCUT2D eigenvalue weighted by atomic mass is 10.3. The van der Waals surface area contributed by atoms with Crippen LogP contribution in [0.1, 0.15) is 13.3 Å². The highest BCUT2D eigenvalue weighted by molar-refractivity contribution is 7.78. The molecular formula is C5H8ClNS. The minimum Gasteiger partial charge on any atom is -0.232 e. The first-order valence-electron chi connectivity index (χ1n) is 2.45. The summed E-state index contributed by atoms with van der Waals surface area (Å²) in [5, 5.41) is 2.47. The van der Waals surface area contributed by atoms with Gasteiger partial charge in [0.05, 0.1) is 11.7 Å². The number of aliphatic imine (C=N–C) groups is 1. The van der Waals surface area contributed by atoms with Crippen LogP contribution in [0, 0.1) is 0 Å². The van der Waals surface area contributed by atoms with Crippen LogP contribution in [0.5, 0.6) is 0 Å². The zero-order chi connectivity index (χ0) is 6.41. The van der Waals surface area contributed by atoms with Crippen LogP contribution in [0.3, 0.4) is 0 Å². The van der Waals surface area contributed by atoms with Crippen molar-refractivity contribution in [2.45, 2.75) is 18.7 Å². The topological polar surface area (TPSA) is 12.4 Å². The van der Waals surface area contributed by atoms with E-state index < -0.39 is 0 Å². The Morgan fingerprint density at radius 2 is 2.50 bits per heavy atom. The van der Waals surface area contributed by atoms with Crippen molar-refractivity contribution in [1.82, 2.24) is 0 Å². The lowest BCUT2D eigenvalue weighted by Gasteiger charge is -1.93.